The topological polar surface area (TPSA) is 79.6 Å². The molecule has 1 aromatic heterocycles. The molecule has 2 heterocycles. The van der Waals surface area contributed by atoms with Crippen LogP contribution in [0.2, 0.25) is 0 Å². The highest BCUT2D eigenvalue weighted by molar-refractivity contribution is 7.88. The number of rotatable bonds is 4. The number of sulfonamides is 1. The Morgan fingerprint density at radius 1 is 1.27 bits per heavy atom. The molecule has 1 N–H and O–H groups in total. The van der Waals surface area contributed by atoms with Gasteiger partial charge in [0, 0.05) is 30.1 Å². The van der Waals surface area contributed by atoms with Gasteiger partial charge in [0.05, 0.1) is 18.9 Å². The minimum absolute atomic E-state index is 0.0893. The van der Waals surface area contributed by atoms with Crippen molar-refractivity contribution < 1.29 is 17.6 Å². The van der Waals surface area contributed by atoms with Crippen molar-refractivity contribution in [3.8, 4) is 0 Å². The van der Waals surface area contributed by atoms with Crippen LogP contribution < -0.4 is 5.32 Å². The Bertz CT molecular complexity index is 948. The van der Waals surface area contributed by atoms with Crippen LogP contribution in [0.4, 0.5) is 0 Å². The second-order valence-electron chi connectivity index (χ2n) is 7.44. The number of aryl methyl sites for hydroxylation is 2. The van der Waals surface area contributed by atoms with Crippen molar-refractivity contribution in [3.63, 3.8) is 0 Å². The standard InChI is InChI=1S/C19H24N2O4S/c1-26(23,24)21-7-3-6-16(11-21)20-19(22)10-15-12-25-18-9-14-5-2-4-13(14)8-17(15)18/h8-9,12,16H,2-7,10-11H2,1H3,(H,20,22). The molecule has 2 aliphatic rings. The molecule has 0 bridgehead atoms. The summed E-state index contributed by atoms with van der Waals surface area (Å²) in [7, 11) is -3.21. The number of amides is 1. The van der Waals surface area contributed by atoms with Gasteiger partial charge in [-0.15, -0.1) is 0 Å². The van der Waals surface area contributed by atoms with Gasteiger partial charge in [0.1, 0.15) is 5.58 Å². The van der Waals surface area contributed by atoms with Crippen molar-refractivity contribution in [3.05, 3.63) is 35.1 Å². The largest absolute Gasteiger partial charge is 0.464 e. The molecular weight excluding hydrogens is 352 g/mol. The third-order valence-electron chi connectivity index (χ3n) is 5.44. The predicted molar refractivity (Wildman–Crippen MR) is 99.5 cm³/mol. The van der Waals surface area contributed by atoms with Crippen molar-refractivity contribution in [2.45, 2.75) is 44.6 Å². The Balaban J connectivity index is 1.44. The maximum atomic E-state index is 12.5. The SMILES string of the molecule is CS(=O)(=O)N1CCCC(NC(=O)Cc2coc3cc4c(cc23)CCC4)C1. The zero-order chi connectivity index (χ0) is 18.3. The summed E-state index contributed by atoms with van der Waals surface area (Å²) in [6.45, 7) is 0.882. The van der Waals surface area contributed by atoms with E-state index in [1.54, 1.807) is 6.26 Å². The molecule has 2 aromatic rings. The average Bonchev–Trinajstić information content (AvgIpc) is 3.19. The van der Waals surface area contributed by atoms with Crippen LogP contribution in [-0.2, 0) is 34.1 Å². The molecule has 1 aromatic carbocycles. The first-order valence-corrected chi connectivity index (χ1v) is 11.0. The summed E-state index contributed by atoms with van der Waals surface area (Å²) in [5, 5.41) is 4.01. The minimum atomic E-state index is -3.21. The van der Waals surface area contributed by atoms with Crippen LogP contribution in [0, 0.1) is 0 Å². The second kappa shape index (κ2) is 6.70. The molecular formula is C19H24N2O4S. The lowest BCUT2D eigenvalue weighted by Gasteiger charge is -2.31. The Labute approximate surface area is 153 Å². The van der Waals surface area contributed by atoms with Gasteiger partial charge < -0.3 is 9.73 Å². The molecule has 1 amide bonds. The second-order valence-corrected chi connectivity index (χ2v) is 9.42. The van der Waals surface area contributed by atoms with Gasteiger partial charge >= 0.3 is 0 Å². The Morgan fingerprint density at radius 3 is 2.81 bits per heavy atom. The number of carbonyl (C=O) groups excluding carboxylic acids is 1. The highest BCUT2D eigenvalue weighted by Gasteiger charge is 2.27. The Kier molecular flexibility index (Phi) is 4.52. The van der Waals surface area contributed by atoms with E-state index in [2.05, 4.69) is 17.4 Å². The smallest absolute Gasteiger partial charge is 0.224 e. The summed E-state index contributed by atoms with van der Waals surface area (Å²) >= 11 is 0. The molecule has 0 spiro atoms. The van der Waals surface area contributed by atoms with E-state index >= 15 is 0 Å². The number of piperidine rings is 1. The van der Waals surface area contributed by atoms with Crippen molar-refractivity contribution in [2.75, 3.05) is 19.3 Å². The fourth-order valence-electron chi connectivity index (χ4n) is 4.10. The van der Waals surface area contributed by atoms with Gasteiger partial charge in [-0.1, -0.05) is 0 Å². The summed E-state index contributed by atoms with van der Waals surface area (Å²) < 4.78 is 30.5. The number of furan rings is 1. The molecule has 0 radical (unpaired) electrons. The molecule has 26 heavy (non-hydrogen) atoms. The number of nitrogens with zero attached hydrogens (tertiary/aromatic N) is 1. The molecule has 1 aliphatic carbocycles. The number of nitrogens with one attached hydrogen (secondary N) is 1. The van der Waals surface area contributed by atoms with Crippen LogP contribution in [0.5, 0.6) is 0 Å². The summed E-state index contributed by atoms with van der Waals surface area (Å²) in [5.74, 6) is -0.0893. The van der Waals surface area contributed by atoms with E-state index in [1.165, 1.54) is 28.1 Å². The summed E-state index contributed by atoms with van der Waals surface area (Å²) in [6.07, 6.45) is 8.07. The minimum Gasteiger partial charge on any atom is -0.464 e. The lowest BCUT2D eigenvalue weighted by Crippen LogP contribution is -2.49. The van der Waals surface area contributed by atoms with Crippen LogP contribution in [0.15, 0.2) is 22.8 Å². The molecule has 1 fully saturated rings. The maximum Gasteiger partial charge on any atom is 0.224 e. The molecule has 4 rings (SSSR count). The lowest BCUT2D eigenvalue weighted by molar-refractivity contribution is -0.121. The van der Waals surface area contributed by atoms with Gasteiger partial charge in [0.2, 0.25) is 15.9 Å². The molecule has 7 heteroatoms. The van der Waals surface area contributed by atoms with Gasteiger partial charge in [-0.05, 0) is 55.4 Å². The van der Waals surface area contributed by atoms with Crippen molar-refractivity contribution in [2.24, 2.45) is 0 Å². The number of carbonyl (C=O) groups is 1. The molecule has 1 atom stereocenters. The monoisotopic (exact) mass is 376 g/mol. The fraction of sp³-hybridized carbons (Fsp3) is 0.526. The molecule has 1 unspecified atom stereocenters. The first-order chi connectivity index (χ1) is 12.4. The first kappa shape index (κ1) is 17.5. The third-order valence-corrected chi connectivity index (χ3v) is 6.71. The third kappa shape index (κ3) is 3.50. The van der Waals surface area contributed by atoms with E-state index in [0.717, 1.165) is 42.2 Å². The first-order valence-electron chi connectivity index (χ1n) is 9.16. The number of fused-ring (bicyclic) bond motifs is 2. The predicted octanol–water partition coefficient (Wildman–Crippen LogP) is 2.00. The summed E-state index contributed by atoms with van der Waals surface area (Å²) in [6, 6.07) is 4.13. The van der Waals surface area contributed by atoms with Gasteiger partial charge in [-0.2, -0.15) is 0 Å². The van der Waals surface area contributed by atoms with Crippen LogP contribution in [0.25, 0.3) is 11.0 Å². The molecule has 0 saturated carbocycles. The van der Waals surface area contributed by atoms with Crippen LogP contribution in [-0.4, -0.2) is 44.0 Å². The highest BCUT2D eigenvalue weighted by atomic mass is 32.2. The van der Waals surface area contributed by atoms with Crippen LogP contribution >= 0.6 is 0 Å². The zero-order valence-electron chi connectivity index (χ0n) is 15.0. The molecule has 1 saturated heterocycles. The average molecular weight is 376 g/mol. The van der Waals surface area contributed by atoms with Gasteiger partial charge in [-0.3, -0.25) is 4.79 Å². The van der Waals surface area contributed by atoms with Crippen molar-refractivity contribution in [1.82, 2.24) is 9.62 Å². The fourth-order valence-corrected chi connectivity index (χ4v) is 5.01. The Hall–Kier alpha value is -1.86. The number of hydrogen-bond donors (Lipinski definition) is 1. The normalized spacial score (nSPS) is 21.0. The van der Waals surface area contributed by atoms with Gasteiger partial charge in [0.15, 0.2) is 0 Å². The van der Waals surface area contributed by atoms with E-state index in [1.807, 2.05) is 0 Å². The zero-order valence-corrected chi connectivity index (χ0v) is 15.8. The molecule has 140 valence electrons. The van der Waals surface area contributed by atoms with Crippen LogP contribution in [0.1, 0.15) is 36.0 Å². The van der Waals surface area contributed by atoms with E-state index in [0.29, 0.717) is 13.1 Å². The van der Waals surface area contributed by atoms with E-state index < -0.39 is 10.0 Å². The lowest BCUT2D eigenvalue weighted by atomic mass is 10.0. The number of hydrogen-bond acceptors (Lipinski definition) is 4. The van der Waals surface area contributed by atoms with E-state index in [4.69, 9.17) is 4.42 Å². The number of benzene rings is 1. The summed E-state index contributed by atoms with van der Waals surface area (Å²) in [4.78, 5) is 12.5. The maximum absolute atomic E-state index is 12.5. The molecule has 6 nitrogen and oxygen atoms in total. The van der Waals surface area contributed by atoms with Crippen molar-refractivity contribution >= 4 is 26.9 Å². The van der Waals surface area contributed by atoms with Gasteiger partial charge in [0.25, 0.3) is 0 Å². The quantitative estimate of drug-likeness (QED) is 0.885. The van der Waals surface area contributed by atoms with Crippen molar-refractivity contribution in [1.29, 1.82) is 0 Å². The van der Waals surface area contributed by atoms with E-state index in [-0.39, 0.29) is 18.4 Å². The molecule has 1 aliphatic heterocycles. The van der Waals surface area contributed by atoms with Crippen LogP contribution in [0.3, 0.4) is 0 Å². The summed E-state index contributed by atoms with van der Waals surface area (Å²) in [5.41, 5.74) is 4.44. The highest BCUT2D eigenvalue weighted by Crippen LogP contribution is 2.30. The van der Waals surface area contributed by atoms with Gasteiger partial charge in [-0.25, -0.2) is 12.7 Å². The Morgan fingerprint density at radius 2 is 2.04 bits per heavy atom. The van der Waals surface area contributed by atoms with E-state index in [9.17, 15) is 13.2 Å².